The summed E-state index contributed by atoms with van der Waals surface area (Å²) >= 11 is 0. The molecular formula is C12H10N2O10S2. The summed E-state index contributed by atoms with van der Waals surface area (Å²) in [4.78, 5) is 18.1. The molecule has 14 heteroatoms. The lowest BCUT2D eigenvalue weighted by atomic mass is 10.3. The minimum atomic E-state index is -4.36. The highest BCUT2D eigenvalue weighted by Crippen LogP contribution is 2.16. The molecule has 2 rings (SSSR count). The van der Waals surface area contributed by atoms with Crippen LogP contribution in [0, 0.1) is 20.2 Å². The monoisotopic (exact) mass is 406 g/mol. The highest BCUT2D eigenvalue weighted by molar-refractivity contribution is 7.86. The first-order valence-electron chi connectivity index (χ1n) is 6.26. The molecule has 0 amide bonds. The van der Waals surface area contributed by atoms with Gasteiger partial charge in [-0.3, -0.25) is 29.3 Å². The molecule has 0 aliphatic rings. The molecule has 0 aliphatic carbocycles. The first kappa shape index (κ1) is 21.1. The standard InChI is InChI=1S/2C6H5NO5S/c8-7(9)5-1-3-6(4-2-5)13(10,11)12;8-7(9)5-2-1-3-6(4-5)13(10,11)12/h2*1-4H,(H,10,11,12). The third kappa shape index (κ3) is 6.17. The number of non-ortho nitro benzene ring substituents is 2. The van der Waals surface area contributed by atoms with Gasteiger partial charge >= 0.3 is 0 Å². The topological polar surface area (TPSA) is 195 Å². The lowest BCUT2D eigenvalue weighted by Gasteiger charge is -1.95. The van der Waals surface area contributed by atoms with Gasteiger partial charge in [0.05, 0.1) is 14.7 Å². The van der Waals surface area contributed by atoms with E-state index in [4.69, 9.17) is 9.11 Å². The average Bonchev–Trinajstić information content (AvgIpc) is 2.54. The van der Waals surface area contributed by atoms with E-state index in [0.29, 0.717) is 0 Å². The van der Waals surface area contributed by atoms with Crippen molar-refractivity contribution in [1.29, 1.82) is 0 Å². The van der Waals surface area contributed by atoms with Crippen LogP contribution in [0.3, 0.4) is 0 Å². The van der Waals surface area contributed by atoms with Gasteiger partial charge in [0, 0.05) is 24.3 Å². The van der Waals surface area contributed by atoms with Gasteiger partial charge < -0.3 is 0 Å². The van der Waals surface area contributed by atoms with Crippen LogP contribution in [0.1, 0.15) is 0 Å². The summed E-state index contributed by atoms with van der Waals surface area (Å²) in [5.74, 6) is 0. The van der Waals surface area contributed by atoms with Crippen LogP contribution in [0.15, 0.2) is 58.3 Å². The quantitative estimate of drug-likeness (QED) is 0.428. The summed E-state index contributed by atoms with van der Waals surface area (Å²) in [6, 6.07) is 8.11. The molecule has 12 nitrogen and oxygen atoms in total. The largest absolute Gasteiger partial charge is 0.294 e. The maximum absolute atomic E-state index is 10.5. The molecule has 2 N–H and O–H groups in total. The van der Waals surface area contributed by atoms with Gasteiger partial charge in [-0.25, -0.2) is 0 Å². The lowest BCUT2D eigenvalue weighted by molar-refractivity contribution is -0.385. The molecule has 2 aromatic rings. The number of hydrogen-bond donors (Lipinski definition) is 2. The molecule has 0 unspecified atom stereocenters. The summed E-state index contributed by atoms with van der Waals surface area (Å²) < 4.78 is 59.1. The Morgan fingerprint density at radius 2 is 1.15 bits per heavy atom. The SMILES string of the molecule is O=[N+]([O-])c1ccc(S(=O)(=O)O)cc1.O=[N+]([O-])c1cccc(S(=O)(=O)O)c1. The van der Waals surface area contributed by atoms with Crippen molar-refractivity contribution in [3.05, 3.63) is 68.8 Å². The molecule has 2 aromatic carbocycles. The summed E-state index contributed by atoms with van der Waals surface area (Å²) in [6.45, 7) is 0. The molecule has 0 fully saturated rings. The zero-order chi connectivity index (χ0) is 20.1. The summed E-state index contributed by atoms with van der Waals surface area (Å²) in [5.41, 5.74) is -0.609. The van der Waals surface area contributed by atoms with Gasteiger partial charge in [-0.15, -0.1) is 0 Å². The molecule has 0 atom stereocenters. The van der Waals surface area contributed by atoms with E-state index in [-0.39, 0.29) is 16.3 Å². The molecular weight excluding hydrogens is 396 g/mol. The Labute approximate surface area is 146 Å². The zero-order valence-electron chi connectivity index (χ0n) is 12.5. The molecule has 0 radical (unpaired) electrons. The average molecular weight is 406 g/mol. The van der Waals surface area contributed by atoms with E-state index in [2.05, 4.69) is 0 Å². The Kier molecular flexibility index (Phi) is 6.46. The maximum Gasteiger partial charge on any atom is 0.294 e. The molecule has 140 valence electrons. The van der Waals surface area contributed by atoms with Gasteiger partial charge in [-0.2, -0.15) is 16.8 Å². The van der Waals surface area contributed by atoms with E-state index in [1.807, 2.05) is 0 Å². The second-order valence-corrected chi connectivity index (χ2v) is 7.30. The van der Waals surface area contributed by atoms with Gasteiger partial charge in [0.2, 0.25) is 0 Å². The second kappa shape index (κ2) is 7.96. The number of nitrogens with zero attached hydrogens (tertiary/aromatic N) is 2. The molecule has 0 aromatic heterocycles. The fraction of sp³-hybridized carbons (Fsp3) is 0. The molecule has 0 saturated heterocycles. The van der Waals surface area contributed by atoms with Gasteiger partial charge in [-0.1, -0.05) is 6.07 Å². The highest BCUT2D eigenvalue weighted by atomic mass is 32.2. The van der Waals surface area contributed by atoms with Crippen molar-refractivity contribution >= 4 is 31.6 Å². The highest BCUT2D eigenvalue weighted by Gasteiger charge is 2.14. The van der Waals surface area contributed by atoms with Gasteiger partial charge in [-0.05, 0) is 18.2 Å². The first-order valence-corrected chi connectivity index (χ1v) is 9.14. The first-order chi connectivity index (χ1) is 11.8. The van der Waals surface area contributed by atoms with Crippen LogP contribution < -0.4 is 0 Å². The molecule has 0 heterocycles. The molecule has 26 heavy (non-hydrogen) atoms. The number of nitro benzene ring substituents is 2. The Balaban J connectivity index is 0.000000260. The normalized spacial score (nSPS) is 11.2. The number of rotatable bonds is 4. The van der Waals surface area contributed by atoms with Crippen LogP contribution in [0.25, 0.3) is 0 Å². The van der Waals surface area contributed by atoms with Crippen LogP contribution in [-0.2, 0) is 20.2 Å². The van der Waals surface area contributed by atoms with Gasteiger partial charge in [0.25, 0.3) is 31.6 Å². The van der Waals surface area contributed by atoms with E-state index in [1.165, 1.54) is 6.07 Å². The summed E-state index contributed by atoms with van der Waals surface area (Å²) in [6.07, 6.45) is 0. The summed E-state index contributed by atoms with van der Waals surface area (Å²) in [7, 11) is -8.63. The van der Waals surface area contributed by atoms with Crippen LogP contribution >= 0.6 is 0 Å². The molecule has 0 saturated carbocycles. The number of hydrogen-bond acceptors (Lipinski definition) is 8. The minimum absolute atomic E-state index is 0.229. The van der Waals surface area contributed by atoms with Crippen molar-refractivity contribution < 1.29 is 35.8 Å². The van der Waals surface area contributed by atoms with Crippen LogP contribution in [0.4, 0.5) is 11.4 Å². The van der Waals surface area contributed by atoms with Crippen molar-refractivity contribution in [2.75, 3.05) is 0 Å². The van der Waals surface area contributed by atoms with E-state index >= 15 is 0 Å². The molecule has 0 spiro atoms. The van der Waals surface area contributed by atoms with Crippen LogP contribution in [0.5, 0.6) is 0 Å². The van der Waals surface area contributed by atoms with Crippen molar-refractivity contribution in [3.8, 4) is 0 Å². The molecule has 0 aliphatic heterocycles. The lowest BCUT2D eigenvalue weighted by Crippen LogP contribution is -1.98. The zero-order valence-corrected chi connectivity index (χ0v) is 14.1. The van der Waals surface area contributed by atoms with Crippen LogP contribution in [-0.4, -0.2) is 35.8 Å². The van der Waals surface area contributed by atoms with E-state index in [0.717, 1.165) is 42.5 Å². The summed E-state index contributed by atoms with van der Waals surface area (Å²) in [5, 5.41) is 20.4. The predicted molar refractivity (Wildman–Crippen MR) is 85.8 cm³/mol. The van der Waals surface area contributed by atoms with Gasteiger partial charge in [0.1, 0.15) is 4.90 Å². The fourth-order valence-corrected chi connectivity index (χ4v) is 2.50. The van der Waals surface area contributed by atoms with E-state index in [9.17, 15) is 37.1 Å². The van der Waals surface area contributed by atoms with Crippen LogP contribution in [0.2, 0.25) is 0 Å². The smallest absolute Gasteiger partial charge is 0.282 e. The minimum Gasteiger partial charge on any atom is -0.282 e. The predicted octanol–water partition coefficient (Wildman–Crippen LogP) is 1.68. The Bertz CT molecular complexity index is 1030. The van der Waals surface area contributed by atoms with E-state index in [1.54, 1.807) is 0 Å². The maximum atomic E-state index is 10.5. The van der Waals surface area contributed by atoms with Crippen molar-refractivity contribution in [2.24, 2.45) is 0 Å². The van der Waals surface area contributed by atoms with E-state index < -0.39 is 35.0 Å². The molecule has 0 bridgehead atoms. The Morgan fingerprint density at radius 3 is 1.54 bits per heavy atom. The van der Waals surface area contributed by atoms with Crippen molar-refractivity contribution in [3.63, 3.8) is 0 Å². The fourth-order valence-electron chi connectivity index (χ4n) is 1.50. The van der Waals surface area contributed by atoms with Crippen molar-refractivity contribution in [2.45, 2.75) is 9.79 Å². The third-order valence-electron chi connectivity index (χ3n) is 2.67. The second-order valence-electron chi connectivity index (χ2n) is 4.46. The number of nitro groups is 2. The number of benzene rings is 2. The Morgan fingerprint density at radius 1 is 0.692 bits per heavy atom. The van der Waals surface area contributed by atoms with Gasteiger partial charge in [0.15, 0.2) is 0 Å². The third-order valence-corrected chi connectivity index (χ3v) is 4.39. The Hall–Kier alpha value is -2.94. The van der Waals surface area contributed by atoms with Crippen molar-refractivity contribution in [1.82, 2.24) is 0 Å².